The van der Waals surface area contributed by atoms with Crippen molar-refractivity contribution in [1.82, 2.24) is 5.32 Å². The van der Waals surface area contributed by atoms with Crippen LogP contribution in [0.25, 0.3) is 0 Å². The van der Waals surface area contributed by atoms with Crippen molar-refractivity contribution >= 4 is 11.8 Å². The molecule has 2 aromatic carbocycles. The minimum absolute atomic E-state index is 0.0754. The summed E-state index contributed by atoms with van der Waals surface area (Å²) in [6.45, 7) is 4.04. The fraction of sp³-hybridized carbons (Fsp3) is 0.300. The van der Waals surface area contributed by atoms with E-state index >= 15 is 0 Å². The highest BCUT2D eigenvalue weighted by atomic mass is 16.5. The molecule has 6 nitrogen and oxygen atoms in total. The number of nitrogens with two attached hydrogens (primary N) is 1. The average molecular weight is 356 g/mol. The lowest BCUT2D eigenvalue weighted by Crippen LogP contribution is -2.47. The monoisotopic (exact) mass is 356 g/mol. The summed E-state index contributed by atoms with van der Waals surface area (Å²) in [5, 5.41) is 2.66. The van der Waals surface area contributed by atoms with Gasteiger partial charge >= 0.3 is 0 Å². The quantitative estimate of drug-likeness (QED) is 0.760. The molecule has 0 aromatic heterocycles. The lowest BCUT2D eigenvalue weighted by atomic mass is 10.0. The molecule has 2 amide bonds. The fourth-order valence-electron chi connectivity index (χ4n) is 2.38. The first-order valence-corrected chi connectivity index (χ1v) is 8.36. The zero-order chi connectivity index (χ0) is 19.1. The van der Waals surface area contributed by atoms with E-state index in [1.807, 2.05) is 50.2 Å². The first-order chi connectivity index (χ1) is 12.4. The van der Waals surface area contributed by atoms with Gasteiger partial charge in [0.15, 0.2) is 0 Å². The van der Waals surface area contributed by atoms with Crippen molar-refractivity contribution in [2.75, 3.05) is 7.11 Å². The van der Waals surface area contributed by atoms with Crippen molar-refractivity contribution in [3.8, 4) is 11.5 Å². The lowest BCUT2D eigenvalue weighted by Gasteiger charge is -2.19. The van der Waals surface area contributed by atoms with Gasteiger partial charge in [0, 0.05) is 5.56 Å². The van der Waals surface area contributed by atoms with Gasteiger partial charge < -0.3 is 20.5 Å². The van der Waals surface area contributed by atoms with Crippen LogP contribution in [0.3, 0.4) is 0 Å². The molecule has 2 rings (SSSR count). The van der Waals surface area contributed by atoms with Gasteiger partial charge in [-0.1, -0.05) is 26.0 Å². The van der Waals surface area contributed by atoms with Crippen LogP contribution in [0.15, 0.2) is 48.5 Å². The molecule has 0 aliphatic carbocycles. The number of nitrogens with one attached hydrogen (secondary N) is 1. The predicted molar refractivity (Wildman–Crippen MR) is 99.1 cm³/mol. The number of carbonyl (C=O) groups excluding carboxylic acids is 2. The van der Waals surface area contributed by atoms with E-state index in [9.17, 15) is 9.59 Å². The Morgan fingerprint density at radius 2 is 1.58 bits per heavy atom. The normalized spacial score (nSPS) is 11.7. The third-order valence-corrected chi connectivity index (χ3v) is 3.94. The van der Waals surface area contributed by atoms with Crippen molar-refractivity contribution in [1.29, 1.82) is 0 Å². The lowest BCUT2D eigenvalue weighted by molar-refractivity contribution is -0.120. The zero-order valence-electron chi connectivity index (χ0n) is 15.2. The van der Waals surface area contributed by atoms with Crippen LogP contribution in [-0.4, -0.2) is 25.0 Å². The molecule has 0 fully saturated rings. The molecule has 0 heterocycles. The van der Waals surface area contributed by atoms with Gasteiger partial charge in [-0.25, -0.2) is 0 Å². The molecule has 26 heavy (non-hydrogen) atoms. The zero-order valence-corrected chi connectivity index (χ0v) is 15.2. The van der Waals surface area contributed by atoms with Crippen LogP contribution in [0.2, 0.25) is 0 Å². The Morgan fingerprint density at radius 3 is 2.08 bits per heavy atom. The average Bonchev–Trinajstić information content (AvgIpc) is 2.64. The molecule has 1 atom stereocenters. The number of methoxy groups -OCH3 is 1. The Labute approximate surface area is 153 Å². The van der Waals surface area contributed by atoms with E-state index in [0.717, 1.165) is 17.1 Å². The molecule has 0 saturated carbocycles. The van der Waals surface area contributed by atoms with Gasteiger partial charge in [0.1, 0.15) is 24.1 Å². The Hall–Kier alpha value is -3.02. The second-order valence-electron chi connectivity index (χ2n) is 6.26. The number of carbonyl (C=O) groups is 2. The molecule has 0 radical (unpaired) electrons. The Morgan fingerprint density at radius 1 is 1.00 bits per heavy atom. The maximum atomic E-state index is 12.3. The molecule has 2 aromatic rings. The van der Waals surface area contributed by atoms with Crippen LogP contribution < -0.4 is 20.5 Å². The summed E-state index contributed by atoms with van der Waals surface area (Å²) in [4.78, 5) is 23.7. The smallest absolute Gasteiger partial charge is 0.251 e. The van der Waals surface area contributed by atoms with E-state index in [1.165, 1.54) is 0 Å². The van der Waals surface area contributed by atoms with Gasteiger partial charge in [0.05, 0.1) is 7.11 Å². The number of amides is 2. The largest absolute Gasteiger partial charge is 0.497 e. The maximum Gasteiger partial charge on any atom is 0.251 e. The SMILES string of the molecule is COc1ccc(OCc2ccc(C(=O)NC(C(N)=O)C(C)C)cc2)cc1. The summed E-state index contributed by atoms with van der Waals surface area (Å²) in [6, 6.07) is 13.6. The summed E-state index contributed by atoms with van der Waals surface area (Å²) < 4.78 is 10.8. The molecular weight excluding hydrogens is 332 g/mol. The van der Waals surface area contributed by atoms with Gasteiger partial charge in [0.25, 0.3) is 5.91 Å². The van der Waals surface area contributed by atoms with Crippen molar-refractivity contribution in [2.45, 2.75) is 26.5 Å². The molecule has 3 N–H and O–H groups in total. The number of hydrogen-bond acceptors (Lipinski definition) is 4. The molecule has 1 unspecified atom stereocenters. The number of ether oxygens (including phenoxy) is 2. The van der Waals surface area contributed by atoms with Crippen molar-refractivity contribution < 1.29 is 19.1 Å². The Kier molecular flexibility index (Phi) is 6.60. The number of rotatable bonds is 8. The van der Waals surface area contributed by atoms with E-state index in [0.29, 0.717) is 12.2 Å². The van der Waals surface area contributed by atoms with E-state index in [2.05, 4.69) is 5.32 Å². The molecule has 6 heteroatoms. The Balaban J connectivity index is 1.94. The first-order valence-electron chi connectivity index (χ1n) is 8.36. The number of primary amides is 1. The van der Waals surface area contributed by atoms with Gasteiger partial charge in [-0.05, 0) is 47.9 Å². The molecule has 138 valence electrons. The summed E-state index contributed by atoms with van der Waals surface area (Å²) in [5.41, 5.74) is 6.71. The first kappa shape index (κ1) is 19.3. The summed E-state index contributed by atoms with van der Waals surface area (Å²) in [6.07, 6.45) is 0. The summed E-state index contributed by atoms with van der Waals surface area (Å²) in [7, 11) is 1.61. The van der Waals surface area contributed by atoms with E-state index in [-0.39, 0.29) is 11.8 Å². The van der Waals surface area contributed by atoms with Crippen LogP contribution >= 0.6 is 0 Å². The topological polar surface area (TPSA) is 90.7 Å². The molecular formula is C20H24N2O4. The van der Waals surface area contributed by atoms with Crippen LogP contribution in [-0.2, 0) is 11.4 Å². The highest BCUT2D eigenvalue weighted by molar-refractivity contribution is 5.97. The van der Waals surface area contributed by atoms with Crippen molar-refractivity contribution in [3.05, 3.63) is 59.7 Å². The highest BCUT2D eigenvalue weighted by Gasteiger charge is 2.22. The highest BCUT2D eigenvalue weighted by Crippen LogP contribution is 2.18. The molecule has 0 spiro atoms. The third-order valence-electron chi connectivity index (χ3n) is 3.94. The Bertz CT molecular complexity index is 739. The van der Waals surface area contributed by atoms with Crippen LogP contribution in [0.1, 0.15) is 29.8 Å². The van der Waals surface area contributed by atoms with E-state index < -0.39 is 11.9 Å². The second kappa shape index (κ2) is 8.89. The van der Waals surface area contributed by atoms with Gasteiger partial charge in [0.2, 0.25) is 5.91 Å². The molecule has 0 bridgehead atoms. The standard InChI is InChI=1S/C20H24N2O4/c1-13(2)18(19(21)23)22-20(24)15-6-4-14(5-7-15)12-26-17-10-8-16(25-3)9-11-17/h4-11,13,18H,12H2,1-3H3,(H2,21,23)(H,22,24). The number of hydrogen-bond donors (Lipinski definition) is 2. The minimum atomic E-state index is -0.694. The predicted octanol–water partition coefficient (Wildman–Crippen LogP) is 2.51. The maximum absolute atomic E-state index is 12.3. The van der Waals surface area contributed by atoms with E-state index in [4.69, 9.17) is 15.2 Å². The van der Waals surface area contributed by atoms with Crippen LogP contribution in [0.5, 0.6) is 11.5 Å². The second-order valence-corrected chi connectivity index (χ2v) is 6.26. The molecule has 0 saturated heterocycles. The minimum Gasteiger partial charge on any atom is -0.497 e. The molecule has 0 aliphatic rings. The van der Waals surface area contributed by atoms with Crippen LogP contribution in [0.4, 0.5) is 0 Å². The van der Waals surface area contributed by atoms with Gasteiger partial charge in [-0.15, -0.1) is 0 Å². The van der Waals surface area contributed by atoms with Crippen molar-refractivity contribution in [3.63, 3.8) is 0 Å². The third kappa shape index (κ3) is 5.24. The summed E-state index contributed by atoms with van der Waals surface area (Å²) >= 11 is 0. The summed E-state index contributed by atoms with van der Waals surface area (Å²) in [5.74, 6) is 0.550. The van der Waals surface area contributed by atoms with Crippen LogP contribution in [0, 0.1) is 5.92 Å². The van der Waals surface area contributed by atoms with Gasteiger partial charge in [-0.2, -0.15) is 0 Å². The van der Waals surface area contributed by atoms with Gasteiger partial charge in [-0.3, -0.25) is 9.59 Å². The number of benzene rings is 2. The fourth-order valence-corrected chi connectivity index (χ4v) is 2.38. The van der Waals surface area contributed by atoms with Crippen molar-refractivity contribution in [2.24, 2.45) is 11.7 Å². The van der Waals surface area contributed by atoms with E-state index in [1.54, 1.807) is 19.2 Å². The molecule has 0 aliphatic heterocycles.